The van der Waals surface area contributed by atoms with Crippen molar-refractivity contribution < 1.29 is 18.1 Å². The fourth-order valence-corrected chi connectivity index (χ4v) is 4.04. The highest BCUT2D eigenvalue weighted by atomic mass is 32.2. The highest BCUT2D eigenvalue weighted by Gasteiger charge is 2.18. The van der Waals surface area contributed by atoms with Crippen LogP contribution in [0, 0.1) is 24.0 Å². The molecular formula is C20H20N4O5S. The number of hydrogen-bond acceptors (Lipinski definition) is 6. The minimum Gasteiger partial charge on any atom is -0.311 e. The van der Waals surface area contributed by atoms with E-state index in [-0.39, 0.29) is 22.8 Å². The number of nitrogens with zero attached hydrogens (tertiary/aromatic N) is 3. The molecule has 0 aliphatic heterocycles. The Morgan fingerprint density at radius 1 is 1.10 bits per heavy atom. The molecule has 0 aliphatic rings. The molecule has 3 rings (SSSR count). The van der Waals surface area contributed by atoms with Crippen molar-refractivity contribution in [3.63, 3.8) is 0 Å². The van der Waals surface area contributed by atoms with Gasteiger partial charge in [0, 0.05) is 24.6 Å². The number of anilines is 1. The van der Waals surface area contributed by atoms with E-state index in [1.807, 2.05) is 6.92 Å². The van der Waals surface area contributed by atoms with Crippen molar-refractivity contribution in [3.8, 4) is 5.69 Å². The van der Waals surface area contributed by atoms with Gasteiger partial charge in [-0.3, -0.25) is 14.9 Å². The second-order valence-corrected chi connectivity index (χ2v) is 8.90. The van der Waals surface area contributed by atoms with Crippen LogP contribution in [0.15, 0.2) is 59.5 Å². The Balaban J connectivity index is 1.71. The Kier molecular flexibility index (Phi) is 5.97. The van der Waals surface area contributed by atoms with Gasteiger partial charge in [-0.15, -0.1) is 0 Å². The molecule has 2 aromatic carbocycles. The quantitative estimate of drug-likeness (QED) is 0.455. The Hall–Kier alpha value is -3.53. The van der Waals surface area contributed by atoms with Crippen LogP contribution in [-0.2, 0) is 14.6 Å². The third-order valence-electron chi connectivity index (χ3n) is 4.38. The maximum Gasteiger partial charge on any atom is 0.269 e. The number of benzene rings is 2. The first kappa shape index (κ1) is 21.2. The monoisotopic (exact) mass is 428 g/mol. The molecule has 1 aromatic heterocycles. The summed E-state index contributed by atoms with van der Waals surface area (Å²) >= 11 is 0. The van der Waals surface area contributed by atoms with Gasteiger partial charge in [0.25, 0.3) is 5.69 Å². The number of carbonyl (C=O) groups excluding carboxylic acids is 1. The fourth-order valence-electron chi connectivity index (χ4n) is 2.80. The molecule has 10 heteroatoms. The number of aromatic nitrogens is 2. The first-order chi connectivity index (χ1) is 14.2. The van der Waals surface area contributed by atoms with Gasteiger partial charge in [0.1, 0.15) is 5.82 Å². The predicted octanol–water partition coefficient (Wildman–Crippen LogP) is 3.20. The molecule has 0 saturated carbocycles. The van der Waals surface area contributed by atoms with Crippen molar-refractivity contribution >= 4 is 27.2 Å². The van der Waals surface area contributed by atoms with Gasteiger partial charge in [0.05, 0.1) is 27.0 Å². The molecule has 0 spiro atoms. The van der Waals surface area contributed by atoms with E-state index >= 15 is 0 Å². The van der Waals surface area contributed by atoms with Crippen LogP contribution < -0.4 is 5.32 Å². The SMILES string of the molecule is Cc1ccc(S(=O)(=O)CCC(=O)Nc2cc(C)nn2-c2ccc([N+](=O)[O-])cc2)cc1. The maximum atomic E-state index is 12.4. The standard InChI is InChI=1S/C20H20N4O5S/c1-14-3-9-18(10-4-14)30(28,29)12-11-20(25)21-19-13-15(2)22-23(19)16-5-7-17(8-6-16)24(26)27/h3-10,13H,11-12H2,1-2H3,(H,21,25). The van der Waals surface area contributed by atoms with Crippen LogP contribution in [0.5, 0.6) is 0 Å². The summed E-state index contributed by atoms with van der Waals surface area (Å²) in [6.07, 6.45) is -0.222. The molecule has 0 saturated heterocycles. The zero-order valence-electron chi connectivity index (χ0n) is 16.4. The van der Waals surface area contributed by atoms with Crippen LogP contribution in [0.4, 0.5) is 11.5 Å². The topological polar surface area (TPSA) is 124 Å². The lowest BCUT2D eigenvalue weighted by Gasteiger charge is -2.09. The van der Waals surface area contributed by atoms with Gasteiger partial charge in [0.15, 0.2) is 9.84 Å². The van der Waals surface area contributed by atoms with Crippen molar-refractivity contribution in [2.75, 3.05) is 11.1 Å². The highest BCUT2D eigenvalue weighted by molar-refractivity contribution is 7.91. The van der Waals surface area contributed by atoms with Gasteiger partial charge >= 0.3 is 0 Å². The summed E-state index contributed by atoms with van der Waals surface area (Å²) in [5.74, 6) is -0.458. The van der Waals surface area contributed by atoms with Crippen molar-refractivity contribution in [2.45, 2.75) is 25.2 Å². The van der Waals surface area contributed by atoms with Crippen LogP contribution in [0.1, 0.15) is 17.7 Å². The number of nitrogens with one attached hydrogen (secondary N) is 1. The zero-order valence-corrected chi connectivity index (χ0v) is 17.2. The van der Waals surface area contributed by atoms with Gasteiger partial charge < -0.3 is 5.32 Å². The number of rotatable bonds is 7. The minimum atomic E-state index is -3.58. The summed E-state index contributed by atoms with van der Waals surface area (Å²) < 4.78 is 26.3. The minimum absolute atomic E-state index is 0.0606. The summed E-state index contributed by atoms with van der Waals surface area (Å²) in [4.78, 5) is 22.9. The molecule has 30 heavy (non-hydrogen) atoms. The number of nitro benzene ring substituents is 1. The normalized spacial score (nSPS) is 11.3. The van der Waals surface area contributed by atoms with E-state index in [2.05, 4.69) is 10.4 Å². The first-order valence-corrected chi connectivity index (χ1v) is 10.7. The van der Waals surface area contributed by atoms with Crippen molar-refractivity contribution in [2.24, 2.45) is 0 Å². The number of hydrogen-bond donors (Lipinski definition) is 1. The molecule has 0 radical (unpaired) electrons. The Morgan fingerprint density at radius 3 is 2.33 bits per heavy atom. The molecule has 9 nitrogen and oxygen atoms in total. The van der Waals surface area contributed by atoms with Gasteiger partial charge in [-0.25, -0.2) is 13.1 Å². The lowest BCUT2D eigenvalue weighted by atomic mass is 10.2. The maximum absolute atomic E-state index is 12.4. The molecule has 1 heterocycles. The first-order valence-electron chi connectivity index (χ1n) is 9.06. The molecule has 0 fully saturated rings. The third-order valence-corrected chi connectivity index (χ3v) is 6.11. The Morgan fingerprint density at radius 2 is 1.73 bits per heavy atom. The molecule has 156 valence electrons. The molecule has 1 amide bonds. The van der Waals surface area contributed by atoms with Crippen LogP contribution in [0.25, 0.3) is 5.69 Å². The average Bonchev–Trinajstić information content (AvgIpc) is 3.07. The average molecular weight is 428 g/mol. The third kappa shape index (κ3) is 4.90. The van der Waals surface area contributed by atoms with Crippen molar-refractivity contribution in [1.82, 2.24) is 9.78 Å². The van der Waals surface area contributed by atoms with E-state index in [1.54, 1.807) is 25.1 Å². The van der Waals surface area contributed by atoms with E-state index in [4.69, 9.17) is 0 Å². The molecule has 0 atom stereocenters. The zero-order chi connectivity index (χ0) is 21.9. The number of amides is 1. The second kappa shape index (κ2) is 8.46. The van der Waals surface area contributed by atoms with Crippen LogP contribution in [0.2, 0.25) is 0 Å². The van der Waals surface area contributed by atoms with E-state index in [0.29, 0.717) is 17.2 Å². The molecule has 1 N–H and O–H groups in total. The lowest BCUT2D eigenvalue weighted by molar-refractivity contribution is -0.384. The van der Waals surface area contributed by atoms with E-state index in [1.165, 1.54) is 41.1 Å². The molecule has 3 aromatic rings. The van der Waals surface area contributed by atoms with Crippen molar-refractivity contribution in [3.05, 3.63) is 76.0 Å². The second-order valence-electron chi connectivity index (χ2n) is 6.79. The number of sulfone groups is 1. The highest BCUT2D eigenvalue weighted by Crippen LogP contribution is 2.20. The largest absolute Gasteiger partial charge is 0.311 e. The molecule has 0 unspecified atom stereocenters. The Bertz CT molecular complexity index is 1180. The van der Waals surface area contributed by atoms with Gasteiger partial charge in [-0.2, -0.15) is 5.10 Å². The van der Waals surface area contributed by atoms with E-state index in [9.17, 15) is 23.3 Å². The smallest absolute Gasteiger partial charge is 0.269 e. The number of aryl methyl sites for hydroxylation is 2. The van der Waals surface area contributed by atoms with Crippen LogP contribution in [-0.4, -0.2) is 34.8 Å². The summed E-state index contributed by atoms with van der Waals surface area (Å²) in [6, 6.07) is 13.8. The summed E-state index contributed by atoms with van der Waals surface area (Å²) in [5.41, 5.74) is 2.03. The van der Waals surface area contributed by atoms with Gasteiger partial charge in [-0.1, -0.05) is 17.7 Å². The summed E-state index contributed by atoms with van der Waals surface area (Å²) in [6.45, 7) is 3.60. The van der Waals surface area contributed by atoms with Gasteiger partial charge in [0.2, 0.25) is 5.91 Å². The summed E-state index contributed by atoms with van der Waals surface area (Å²) in [5, 5.41) is 17.8. The Labute approximate surface area is 173 Å². The number of non-ortho nitro benzene ring substituents is 1. The number of nitro groups is 1. The predicted molar refractivity (Wildman–Crippen MR) is 111 cm³/mol. The molecule has 0 aliphatic carbocycles. The fraction of sp³-hybridized carbons (Fsp3) is 0.200. The lowest BCUT2D eigenvalue weighted by Crippen LogP contribution is -2.19. The van der Waals surface area contributed by atoms with E-state index < -0.39 is 20.7 Å². The van der Waals surface area contributed by atoms with Crippen LogP contribution >= 0.6 is 0 Å². The number of carbonyl (C=O) groups is 1. The van der Waals surface area contributed by atoms with Crippen LogP contribution in [0.3, 0.4) is 0 Å². The molecule has 0 bridgehead atoms. The van der Waals surface area contributed by atoms with Gasteiger partial charge in [-0.05, 0) is 38.1 Å². The van der Waals surface area contributed by atoms with E-state index in [0.717, 1.165) is 5.56 Å². The summed E-state index contributed by atoms with van der Waals surface area (Å²) in [7, 11) is -3.58. The molecular weight excluding hydrogens is 408 g/mol. The van der Waals surface area contributed by atoms with Crippen molar-refractivity contribution in [1.29, 1.82) is 0 Å².